The van der Waals surface area contributed by atoms with E-state index >= 15 is 0 Å². The lowest BCUT2D eigenvalue weighted by molar-refractivity contribution is -0.156. The summed E-state index contributed by atoms with van der Waals surface area (Å²) in [5, 5.41) is 0. The number of esters is 1. The molecule has 1 aromatic heterocycles. The molecule has 1 aliphatic heterocycles. The Hall–Kier alpha value is -1.91. The van der Waals surface area contributed by atoms with E-state index in [0.29, 0.717) is 18.7 Å². The van der Waals surface area contributed by atoms with E-state index in [1.54, 1.807) is 12.3 Å². The van der Waals surface area contributed by atoms with Crippen LogP contribution >= 0.6 is 0 Å². The number of carbonyl (C=O) groups excluding carboxylic acids is 2. The molecule has 5 nitrogen and oxygen atoms in total. The maximum absolute atomic E-state index is 12.4. The molecule has 1 atom stereocenters. The van der Waals surface area contributed by atoms with Gasteiger partial charge >= 0.3 is 5.97 Å². The quantitative estimate of drug-likeness (QED) is 0.618. The Morgan fingerprint density at radius 1 is 1.41 bits per heavy atom. The third-order valence-electron chi connectivity index (χ3n) is 4.57. The Kier molecular flexibility index (Phi) is 4.84. The van der Waals surface area contributed by atoms with Crippen LogP contribution in [0.25, 0.3) is 0 Å². The molecule has 1 unspecified atom stereocenters. The van der Waals surface area contributed by atoms with E-state index in [1.807, 2.05) is 13.0 Å². The molecule has 1 saturated heterocycles. The lowest BCUT2D eigenvalue weighted by Gasteiger charge is -2.31. The van der Waals surface area contributed by atoms with Crippen molar-refractivity contribution in [2.24, 2.45) is 11.3 Å². The van der Waals surface area contributed by atoms with Gasteiger partial charge in [-0.2, -0.15) is 0 Å². The van der Waals surface area contributed by atoms with Crippen LogP contribution in [0, 0.1) is 11.3 Å². The first kappa shape index (κ1) is 16.5. The van der Waals surface area contributed by atoms with Gasteiger partial charge in [-0.05, 0) is 38.3 Å². The van der Waals surface area contributed by atoms with Crippen LogP contribution in [0.4, 0.5) is 5.82 Å². The molecule has 2 heterocycles. The Bertz CT molecular complexity index is 554. The van der Waals surface area contributed by atoms with Crippen molar-refractivity contribution in [3.05, 3.63) is 23.9 Å². The van der Waals surface area contributed by atoms with Crippen molar-refractivity contribution in [2.75, 3.05) is 24.6 Å². The van der Waals surface area contributed by atoms with Gasteiger partial charge in [-0.1, -0.05) is 13.8 Å². The molecule has 0 bridgehead atoms. The molecular weight excluding hydrogens is 280 g/mol. The number of hydrogen-bond donors (Lipinski definition) is 0. The average molecular weight is 304 g/mol. The van der Waals surface area contributed by atoms with Crippen LogP contribution in [0.2, 0.25) is 0 Å². The second kappa shape index (κ2) is 6.46. The van der Waals surface area contributed by atoms with Crippen molar-refractivity contribution in [3.63, 3.8) is 0 Å². The van der Waals surface area contributed by atoms with Gasteiger partial charge in [-0.25, -0.2) is 4.98 Å². The molecule has 22 heavy (non-hydrogen) atoms. The molecular formula is C17H24N2O3. The van der Waals surface area contributed by atoms with Gasteiger partial charge in [-0.3, -0.25) is 9.59 Å². The number of ether oxygens (including phenoxy) is 1. The zero-order valence-electron chi connectivity index (χ0n) is 13.8. The van der Waals surface area contributed by atoms with Crippen LogP contribution in [0.15, 0.2) is 18.3 Å². The lowest BCUT2D eigenvalue weighted by Crippen LogP contribution is -2.40. The van der Waals surface area contributed by atoms with Gasteiger partial charge in [-0.15, -0.1) is 0 Å². The number of rotatable bonds is 5. The minimum Gasteiger partial charge on any atom is -0.466 e. The lowest BCUT2D eigenvalue weighted by atomic mass is 9.76. The van der Waals surface area contributed by atoms with Crippen LogP contribution < -0.4 is 4.90 Å². The Balaban J connectivity index is 2.19. The van der Waals surface area contributed by atoms with Crippen molar-refractivity contribution in [1.29, 1.82) is 0 Å². The zero-order valence-corrected chi connectivity index (χ0v) is 13.8. The second-order valence-electron chi connectivity index (χ2n) is 6.16. The molecule has 0 spiro atoms. The Morgan fingerprint density at radius 2 is 2.14 bits per heavy atom. The number of hydrogen-bond acceptors (Lipinski definition) is 5. The third-order valence-corrected chi connectivity index (χ3v) is 4.57. The summed E-state index contributed by atoms with van der Waals surface area (Å²) in [7, 11) is 0. The average Bonchev–Trinajstić information content (AvgIpc) is 2.94. The summed E-state index contributed by atoms with van der Waals surface area (Å²) in [5.74, 6) is 0.890. The maximum Gasteiger partial charge on any atom is 0.314 e. The van der Waals surface area contributed by atoms with Gasteiger partial charge in [0.05, 0.1) is 12.0 Å². The van der Waals surface area contributed by atoms with Gasteiger partial charge in [0.25, 0.3) is 0 Å². The van der Waals surface area contributed by atoms with Crippen LogP contribution in [-0.2, 0) is 9.53 Å². The molecule has 120 valence electrons. The fourth-order valence-electron chi connectivity index (χ4n) is 2.96. The van der Waals surface area contributed by atoms with Crippen molar-refractivity contribution < 1.29 is 14.3 Å². The fraction of sp³-hybridized carbons (Fsp3) is 0.588. The summed E-state index contributed by atoms with van der Waals surface area (Å²) >= 11 is 0. The van der Waals surface area contributed by atoms with E-state index in [2.05, 4.69) is 23.7 Å². The van der Waals surface area contributed by atoms with E-state index in [-0.39, 0.29) is 17.7 Å². The van der Waals surface area contributed by atoms with Crippen molar-refractivity contribution in [2.45, 2.75) is 34.1 Å². The molecule has 5 heteroatoms. The summed E-state index contributed by atoms with van der Waals surface area (Å²) in [4.78, 5) is 30.2. The van der Waals surface area contributed by atoms with Gasteiger partial charge < -0.3 is 9.64 Å². The number of Topliss-reactive ketones (excluding diaryl/α,β-unsaturated/α-hetero) is 1. The molecule has 2 rings (SSSR count). The van der Waals surface area contributed by atoms with E-state index < -0.39 is 5.41 Å². The maximum atomic E-state index is 12.4. The number of pyridine rings is 1. The highest BCUT2D eigenvalue weighted by Gasteiger charge is 2.48. The first-order chi connectivity index (χ1) is 10.4. The van der Waals surface area contributed by atoms with Crippen molar-refractivity contribution in [3.8, 4) is 0 Å². The molecule has 1 aliphatic rings. The highest BCUT2D eigenvalue weighted by Crippen LogP contribution is 2.40. The monoisotopic (exact) mass is 304 g/mol. The summed E-state index contributed by atoms with van der Waals surface area (Å²) < 4.78 is 5.29. The fourth-order valence-corrected chi connectivity index (χ4v) is 2.96. The molecule has 0 saturated carbocycles. The Morgan fingerprint density at radius 3 is 2.64 bits per heavy atom. The second-order valence-corrected chi connectivity index (χ2v) is 6.16. The topological polar surface area (TPSA) is 59.5 Å². The zero-order chi connectivity index (χ0) is 16.3. The Labute approximate surface area is 131 Å². The number of ketones is 1. The molecule has 1 aromatic rings. The van der Waals surface area contributed by atoms with E-state index in [1.165, 1.54) is 6.92 Å². The SMILES string of the molecule is CCOC(=O)C1(C(C)C)CCN(c2ccc(C(C)=O)cn2)C1. The normalized spacial score (nSPS) is 21.2. The molecule has 0 aromatic carbocycles. The van der Waals surface area contributed by atoms with E-state index in [9.17, 15) is 9.59 Å². The van der Waals surface area contributed by atoms with Gasteiger partial charge in [0.15, 0.2) is 5.78 Å². The molecule has 0 radical (unpaired) electrons. The molecule has 0 amide bonds. The first-order valence-electron chi connectivity index (χ1n) is 7.80. The highest BCUT2D eigenvalue weighted by atomic mass is 16.5. The van der Waals surface area contributed by atoms with Crippen LogP contribution in [0.5, 0.6) is 0 Å². The minimum absolute atomic E-state index is 0.00326. The van der Waals surface area contributed by atoms with Gasteiger partial charge in [0.2, 0.25) is 0 Å². The number of aromatic nitrogens is 1. The molecule has 1 fully saturated rings. The van der Waals surface area contributed by atoms with Gasteiger partial charge in [0, 0.05) is 24.8 Å². The number of anilines is 1. The summed E-state index contributed by atoms with van der Waals surface area (Å²) in [6, 6.07) is 3.63. The highest BCUT2D eigenvalue weighted by molar-refractivity contribution is 5.93. The largest absolute Gasteiger partial charge is 0.466 e. The van der Waals surface area contributed by atoms with Crippen LogP contribution in [0.3, 0.4) is 0 Å². The minimum atomic E-state index is -0.475. The van der Waals surface area contributed by atoms with Crippen molar-refractivity contribution in [1.82, 2.24) is 4.98 Å². The molecule has 0 N–H and O–H groups in total. The number of carbonyl (C=O) groups is 2. The predicted octanol–water partition coefficient (Wildman–Crippen LogP) is 2.70. The van der Waals surface area contributed by atoms with E-state index in [0.717, 1.165) is 18.8 Å². The van der Waals surface area contributed by atoms with E-state index in [4.69, 9.17) is 4.74 Å². The first-order valence-corrected chi connectivity index (χ1v) is 7.80. The summed E-state index contributed by atoms with van der Waals surface area (Å²) in [5.41, 5.74) is 0.125. The number of nitrogens with zero attached hydrogens (tertiary/aromatic N) is 2. The summed E-state index contributed by atoms with van der Waals surface area (Å²) in [6.07, 6.45) is 2.36. The third kappa shape index (κ3) is 2.98. The van der Waals surface area contributed by atoms with Crippen molar-refractivity contribution >= 4 is 17.6 Å². The van der Waals surface area contributed by atoms with Crippen LogP contribution in [0.1, 0.15) is 44.5 Å². The standard InChI is InChI=1S/C17H24N2O3/c1-5-22-16(21)17(12(2)3)8-9-19(11-17)15-7-6-14(10-18-15)13(4)20/h6-7,10,12H,5,8-9,11H2,1-4H3. The summed E-state index contributed by atoms with van der Waals surface area (Å²) in [6.45, 7) is 9.26. The van der Waals surface area contributed by atoms with Crippen LogP contribution in [-0.4, -0.2) is 36.4 Å². The van der Waals surface area contributed by atoms with Gasteiger partial charge in [0.1, 0.15) is 5.82 Å². The predicted molar refractivity (Wildman–Crippen MR) is 85.0 cm³/mol. The molecule has 0 aliphatic carbocycles. The smallest absolute Gasteiger partial charge is 0.314 e.